The molecule has 3 nitrogen and oxygen atoms in total. The van der Waals surface area contributed by atoms with Crippen LogP contribution in [0, 0.1) is 5.92 Å². The van der Waals surface area contributed by atoms with Gasteiger partial charge < -0.3 is 15.2 Å². The van der Waals surface area contributed by atoms with Gasteiger partial charge in [-0.25, -0.2) is 0 Å². The lowest BCUT2D eigenvalue weighted by atomic mass is 9.67. The summed E-state index contributed by atoms with van der Waals surface area (Å²) in [7, 11) is 0. The summed E-state index contributed by atoms with van der Waals surface area (Å²) < 4.78 is 6.50. The quantitative estimate of drug-likeness (QED) is 0.423. The molecule has 1 aromatic carbocycles. The predicted molar refractivity (Wildman–Crippen MR) is 106 cm³/mol. The van der Waals surface area contributed by atoms with Gasteiger partial charge in [0.2, 0.25) is 0 Å². The van der Waals surface area contributed by atoms with Crippen LogP contribution in [0.1, 0.15) is 88.4 Å². The van der Waals surface area contributed by atoms with E-state index in [2.05, 4.69) is 45.2 Å². The SMILES string of the molecule is CCCCCc1cc2c(c(O)c1C1CN1)C1C=C(C)CCC1C(C)(C)O2. The van der Waals surface area contributed by atoms with Crippen molar-refractivity contribution in [2.45, 2.75) is 83.8 Å². The van der Waals surface area contributed by atoms with Crippen LogP contribution in [0.4, 0.5) is 0 Å². The third kappa shape index (κ3) is 3.05. The molecule has 4 rings (SSSR count). The van der Waals surface area contributed by atoms with E-state index in [9.17, 15) is 5.11 Å². The van der Waals surface area contributed by atoms with E-state index in [1.54, 1.807) is 0 Å². The fourth-order valence-corrected chi connectivity index (χ4v) is 5.05. The summed E-state index contributed by atoms with van der Waals surface area (Å²) in [5.41, 5.74) is 4.69. The van der Waals surface area contributed by atoms with Crippen LogP contribution in [0.15, 0.2) is 17.7 Å². The molecule has 3 aliphatic rings. The molecule has 0 radical (unpaired) electrons. The Kier molecular flexibility index (Phi) is 4.54. The first-order valence-electron chi connectivity index (χ1n) is 10.4. The van der Waals surface area contributed by atoms with E-state index >= 15 is 0 Å². The molecule has 1 aliphatic carbocycles. The Morgan fingerprint density at radius 2 is 2.04 bits per heavy atom. The highest BCUT2D eigenvalue weighted by atomic mass is 16.5. The molecule has 0 spiro atoms. The van der Waals surface area contributed by atoms with Crippen LogP contribution in [0.2, 0.25) is 0 Å². The van der Waals surface area contributed by atoms with Crippen LogP contribution >= 0.6 is 0 Å². The molecular weight excluding hydrogens is 322 g/mol. The van der Waals surface area contributed by atoms with Gasteiger partial charge in [-0.3, -0.25) is 0 Å². The number of ether oxygens (including phenoxy) is 1. The molecule has 0 amide bonds. The number of aryl methyl sites for hydroxylation is 1. The van der Waals surface area contributed by atoms with E-state index in [0.29, 0.717) is 17.7 Å². The molecular formula is C23H33NO2. The van der Waals surface area contributed by atoms with E-state index in [4.69, 9.17) is 4.74 Å². The fourth-order valence-electron chi connectivity index (χ4n) is 5.05. The van der Waals surface area contributed by atoms with Crippen molar-refractivity contribution in [2.75, 3.05) is 6.54 Å². The van der Waals surface area contributed by atoms with Gasteiger partial charge >= 0.3 is 0 Å². The Bertz CT molecular complexity index is 730. The average molecular weight is 356 g/mol. The third-order valence-electron chi connectivity index (χ3n) is 6.58. The zero-order valence-corrected chi connectivity index (χ0v) is 16.7. The summed E-state index contributed by atoms with van der Waals surface area (Å²) in [6.07, 6.45) is 9.29. The van der Waals surface area contributed by atoms with Gasteiger partial charge in [0, 0.05) is 35.5 Å². The maximum absolute atomic E-state index is 11.3. The number of hydrogen-bond donors (Lipinski definition) is 2. The summed E-state index contributed by atoms with van der Waals surface area (Å²) in [6.45, 7) is 9.86. The first-order chi connectivity index (χ1) is 12.4. The topological polar surface area (TPSA) is 51.4 Å². The van der Waals surface area contributed by atoms with Gasteiger partial charge in [-0.2, -0.15) is 0 Å². The second-order valence-corrected chi connectivity index (χ2v) is 9.02. The summed E-state index contributed by atoms with van der Waals surface area (Å²) in [6, 6.07) is 2.56. The van der Waals surface area contributed by atoms with Crippen LogP contribution in [-0.4, -0.2) is 17.3 Å². The number of phenolic OH excluding ortho intramolecular Hbond substituents is 1. The van der Waals surface area contributed by atoms with Gasteiger partial charge in [0.25, 0.3) is 0 Å². The van der Waals surface area contributed by atoms with E-state index in [0.717, 1.165) is 42.7 Å². The molecule has 0 saturated carbocycles. The van der Waals surface area contributed by atoms with Crippen molar-refractivity contribution in [3.63, 3.8) is 0 Å². The van der Waals surface area contributed by atoms with E-state index < -0.39 is 0 Å². The highest BCUT2D eigenvalue weighted by molar-refractivity contribution is 5.60. The van der Waals surface area contributed by atoms with Gasteiger partial charge in [-0.05, 0) is 58.1 Å². The van der Waals surface area contributed by atoms with Crippen LogP contribution in [0.5, 0.6) is 11.5 Å². The van der Waals surface area contributed by atoms with Crippen molar-refractivity contribution < 1.29 is 9.84 Å². The monoisotopic (exact) mass is 355 g/mol. The lowest BCUT2D eigenvalue weighted by molar-refractivity contribution is 0.0106. The minimum absolute atomic E-state index is 0.193. The first-order valence-corrected chi connectivity index (χ1v) is 10.4. The molecule has 3 atom stereocenters. The molecule has 0 aromatic heterocycles. The Hall–Kier alpha value is -1.48. The van der Waals surface area contributed by atoms with Crippen LogP contribution in [0.25, 0.3) is 0 Å². The lowest BCUT2D eigenvalue weighted by Gasteiger charge is -2.46. The molecule has 3 unspecified atom stereocenters. The van der Waals surface area contributed by atoms with Crippen LogP contribution in [0.3, 0.4) is 0 Å². The molecule has 2 N–H and O–H groups in total. The van der Waals surface area contributed by atoms with Gasteiger partial charge in [0.15, 0.2) is 0 Å². The van der Waals surface area contributed by atoms with Crippen molar-refractivity contribution in [1.29, 1.82) is 0 Å². The summed E-state index contributed by atoms with van der Waals surface area (Å²) in [4.78, 5) is 0. The number of unbranched alkanes of at least 4 members (excludes halogenated alkanes) is 2. The highest BCUT2D eigenvalue weighted by Crippen LogP contribution is 2.55. The fraction of sp³-hybridized carbons (Fsp3) is 0.652. The van der Waals surface area contributed by atoms with E-state index in [1.165, 1.54) is 30.4 Å². The molecule has 26 heavy (non-hydrogen) atoms. The van der Waals surface area contributed by atoms with Gasteiger partial charge in [0.1, 0.15) is 17.1 Å². The Labute approximate surface area is 157 Å². The average Bonchev–Trinajstić information content (AvgIpc) is 3.38. The number of rotatable bonds is 5. The van der Waals surface area contributed by atoms with Crippen molar-refractivity contribution >= 4 is 0 Å². The van der Waals surface area contributed by atoms with E-state index in [-0.39, 0.29) is 11.5 Å². The Morgan fingerprint density at radius 1 is 1.27 bits per heavy atom. The maximum atomic E-state index is 11.3. The second kappa shape index (κ2) is 6.60. The predicted octanol–water partition coefficient (Wildman–Crippen LogP) is 5.38. The largest absolute Gasteiger partial charge is 0.507 e. The number of nitrogens with one attached hydrogen (secondary N) is 1. The van der Waals surface area contributed by atoms with Crippen molar-refractivity contribution in [1.82, 2.24) is 5.32 Å². The standard InChI is InChI=1S/C23H33NO2/c1-5-6-7-8-15-12-19-21(22(25)20(15)18-13-24-18)16-11-14(2)9-10-17(16)23(3,4)26-19/h11-12,16-18,24-25H,5-10,13H2,1-4H3. The summed E-state index contributed by atoms with van der Waals surface area (Å²) in [5, 5.41) is 14.7. The van der Waals surface area contributed by atoms with Crippen molar-refractivity contribution in [2.24, 2.45) is 5.92 Å². The van der Waals surface area contributed by atoms with E-state index in [1.807, 2.05) is 0 Å². The summed E-state index contributed by atoms with van der Waals surface area (Å²) in [5.74, 6) is 2.11. The van der Waals surface area contributed by atoms with Crippen molar-refractivity contribution in [3.8, 4) is 11.5 Å². The molecule has 3 heteroatoms. The number of aromatic hydroxyl groups is 1. The normalized spacial score (nSPS) is 28.6. The summed E-state index contributed by atoms with van der Waals surface area (Å²) >= 11 is 0. The van der Waals surface area contributed by atoms with Gasteiger partial charge in [0.05, 0.1) is 0 Å². The smallest absolute Gasteiger partial charge is 0.128 e. The van der Waals surface area contributed by atoms with Crippen LogP contribution < -0.4 is 10.1 Å². The number of hydrogen-bond acceptors (Lipinski definition) is 3. The zero-order chi connectivity index (χ0) is 18.5. The number of fused-ring (bicyclic) bond motifs is 3. The lowest BCUT2D eigenvalue weighted by Crippen LogP contribution is -2.45. The van der Waals surface area contributed by atoms with Gasteiger partial charge in [-0.1, -0.05) is 31.4 Å². The molecule has 1 saturated heterocycles. The Morgan fingerprint density at radius 3 is 2.73 bits per heavy atom. The molecule has 2 heterocycles. The minimum Gasteiger partial charge on any atom is -0.507 e. The number of allylic oxidation sites excluding steroid dienone is 2. The third-order valence-corrected chi connectivity index (χ3v) is 6.58. The first kappa shape index (κ1) is 17.9. The number of benzene rings is 1. The molecule has 0 bridgehead atoms. The van der Waals surface area contributed by atoms with Crippen molar-refractivity contribution in [3.05, 3.63) is 34.4 Å². The second-order valence-electron chi connectivity index (χ2n) is 9.02. The minimum atomic E-state index is -0.193. The number of phenols is 1. The molecule has 1 aromatic rings. The van der Waals surface area contributed by atoms with Gasteiger partial charge in [-0.15, -0.1) is 0 Å². The maximum Gasteiger partial charge on any atom is 0.128 e. The highest BCUT2D eigenvalue weighted by Gasteiger charge is 2.46. The molecule has 2 aliphatic heterocycles. The molecule has 142 valence electrons. The van der Waals surface area contributed by atoms with Crippen LogP contribution in [-0.2, 0) is 6.42 Å². The molecule has 1 fully saturated rings. The Balaban J connectivity index is 1.82. The zero-order valence-electron chi connectivity index (χ0n) is 16.7.